The summed E-state index contributed by atoms with van der Waals surface area (Å²) in [5, 5.41) is 3.88. The molecule has 1 aromatic carbocycles. The van der Waals surface area contributed by atoms with E-state index >= 15 is 0 Å². The number of piperazine rings is 1. The number of hydrogen-bond donors (Lipinski definition) is 1. The third-order valence-electron chi connectivity index (χ3n) is 5.31. The van der Waals surface area contributed by atoms with Crippen molar-refractivity contribution < 1.29 is 0 Å². The first-order valence-corrected chi connectivity index (χ1v) is 9.54. The minimum Gasteiger partial charge on any atom is -0.308 e. The molecule has 0 radical (unpaired) electrons. The Bertz CT molecular complexity index is 430. The van der Waals surface area contributed by atoms with Gasteiger partial charge in [0.15, 0.2) is 0 Å². The molecule has 3 heteroatoms. The van der Waals surface area contributed by atoms with Crippen molar-refractivity contribution in [2.24, 2.45) is 0 Å². The highest BCUT2D eigenvalue weighted by molar-refractivity contribution is 7.98. The standard InChI is InChI=1S/C18H30N2S/c1-5-18(6-2)15-20(12-13-21-4)17(3,14-19-18)16-10-8-7-9-11-16/h7-11,19H,5-6,12-15H2,1-4H3. The van der Waals surface area contributed by atoms with E-state index in [0.717, 1.165) is 19.6 Å². The molecular formula is C18H30N2S. The van der Waals surface area contributed by atoms with Crippen LogP contribution in [0, 0.1) is 0 Å². The molecule has 118 valence electrons. The van der Waals surface area contributed by atoms with Crippen molar-refractivity contribution in [1.82, 2.24) is 10.2 Å². The average molecular weight is 307 g/mol. The molecular weight excluding hydrogens is 276 g/mol. The molecule has 1 aliphatic heterocycles. The predicted molar refractivity (Wildman–Crippen MR) is 95.1 cm³/mol. The quantitative estimate of drug-likeness (QED) is 0.862. The summed E-state index contributed by atoms with van der Waals surface area (Å²) in [5.74, 6) is 1.20. The number of rotatable bonds is 6. The van der Waals surface area contributed by atoms with Gasteiger partial charge in [0.2, 0.25) is 0 Å². The fraction of sp³-hybridized carbons (Fsp3) is 0.667. The highest BCUT2D eigenvalue weighted by Crippen LogP contribution is 2.35. The first-order valence-electron chi connectivity index (χ1n) is 8.15. The Hall–Kier alpha value is -0.510. The Balaban J connectivity index is 2.28. The summed E-state index contributed by atoms with van der Waals surface area (Å²) < 4.78 is 0. The normalized spacial score (nSPS) is 25.9. The van der Waals surface area contributed by atoms with Gasteiger partial charge in [0.25, 0.3) is 0 Å². The van der Waals surface area contributed by atoms with Gasteiger partial charge in [-0.05, 0) is 31.6 Å². The maximum absolute atomic E-state index is 3.88. The number of thioether (sulfide) groups is 1. The Morgan fingerprint density at radius 2 is 1.86 bits per heavy atom. The lowest BCUT2D eigenvalue weighted by molar-refractivity contribution is 0.0138. The number of benzene rings is 1. The van der Waals surface area contributed by atoms with Gasteiger partial charge >= 0.3 is 0 Å². The minimum absolute atomic E-state index is 0.102. The van der Waals surface area contributed by atoms with E-state index in [2.05, 4.69) is 67.6 Å². The van der Waals surface area contributed by atoms with Gasteiger partial charge in [-0.2, -0.15) is 11.8 Å². The molecule has 1 aromatic rings. The van der Waals surface area contributed by atoms with Crippen molar-refractivity contribution in [3.05, 3.63) is 35.9 Å². The van der Waals surface area contributed by atoms with Crippen LogP contribution in [-0.2, 0) is 5.54 Å². The molecule has 21 heavy (non-hydrogen) atoms. The van der Waals surface area contributed by atoms with Crippen LogP contribution in [0.3, 0.4) is 0 Å². The molecule has 0 aliphatic carbocycles. The summed E-state index contributed by atoms with van der Waals surface area (Å²) >= 11 is 1.94. The van der Waals surface area contributed by atoms with E-state index in [1.165, 1.54) is 24.2 Å². The summed E-state index contributed by atoms with van der Waals surface area (Å²) in [6.07, 6.45) is 4.60. The topological polar surface area (TPSA) is 15.3 Å². The highest BCUT2D eigenvalue weighted by atomic mass is 32.2. The fourth-order valence-corrected chi connectivity index (χ4v) is 3.80. The smallest absolute Gasteiger partial charge is 0.0558 e. The highest BCUT2D eigenvalue weighted by Gasteiger charge is 2.43. The van der Waals surface area contributed by atoms with Gasteiger partial charge in [0.1, 0.15) is 0 Å². The zero-order chi connectivity index (χ0) is 15.3. The molecule has 0 spiro atoms. The van der Waals surface area contributed by atoms with Crippen LogP contribution in [0.15, 0.2) is 30.3 Å². The van der Waals surface area contributed by atoms with E-state index < -0.39 is 0 Å². The van der Waals surface area contributed by atoms with Crippen LogP contribution in [0.5, 0.6) is 0 Å². The molecule has 1 heterocycles. The molecule has 0 saturated carbocycles. The minimum atomic E-state index is 0.102. The molecule has 2 nitrogen and oxygen atoms in total. The summed E-state index contributed by atoms with van der Waals surface area (Å²) in [5.41, 5.74) is 1.82. The Kier molecular flexibility index (Phi) is 5.75. The van der Waals surface area contributed by atoms with Crippen LogP contribution in [0.25, 0.3) is 0 Å². The van der Waals surface area contributed by atoms with E-state index in [-0.39, 0.29) is 11.1 Å². The van der Waals surface area contributed by atoms with Crippen LogP contribution in [-0.4, -0.2) is 42.1 Å². The molecule has 1 unspecified atom stereocenters. The predicted octanol–water partition coefficient (Wildman–Crippen LogP) is 3.73. The Morgan fingerprint density at radius 1 is 1.19 bits per heavy atom. The molecule has 1 fully saturated rings. The SMILES string of the molecule is CCC1(CC)CN(CCSC)C(C)(c2ccccc2)CN1. The molecule has 0 aromatic heterocycles. The number of nitrogens with one attached hydrogen (secondary N) is 1. The zero-order valence-corrected chi connectivity index (χ0v) is 14.8. The second-order valence-corrected chi connectivity index (χ2v) is 7.38. The summed E-state index contributed by atoms with van der Waals surface area (Å²) in [7, 11) is 0. The Morgan fingerprint density at radius 3 is 2.43 bits per heavy atom. The van der Waals surface area contributed by atoms with Crippen LogP contribution < -0.4 is 5.32 Å². The van der Waals surface area contributed by atoms with Gasteiger partial charge in [-0.25, -0.2) is 0 Å². The zero-order valence-electron chi connectivity index (χ0n) is 14.0. The monoisotopic (exact) mass is 306 g/mol. The first-order chi connectivity index (χ1) is 10.1. The number of nitrogens with zero attached hydrogens (tertiary/aromatic N) is 1. The van der Waals surface area contributed by atoms with Crippen molar-refractivity contribution in [3.63, 3.8) is 0 Å². The van der Waals surface area contributed by atoms with Crippen molar-refractivity contribution >= 4 is 11.8 Å². The number of hydrogen-bond acceptors (Lipinski definition) is 3. The van der Waals surface area contributed by atoms with Crippen LogP contribution >= 0.6 is 11.8 Å². The van der Waals surface area contributed by atoms with E-state index in [9.17, 15) is 0 Å². The average Bonchev–Trinajstić information content (AvgIpc) is 2.55. The van der Waals surface area contributed by atoms with Crippen LogP contribution in [0.4, 0.5) is 0 Å². The molecule has 0 amide bonds. The third-order valence-corrected chi connectivity index (χ3v) is 5.90. The van der Waals surface area contributed by atoms with Gasteiger partial charge in [-0.3, -0.25) is 4.90 Å². The summed E-state index contributed by atoms with van der Waals surface area (Å²) in [4.78, 5) is 2.71. The lowest BCUT2D eigenvalue weighted by Gasteiger charge is -2.53. The second-order valence-electron chi connectivity index (χ2n) is 6.40. The van der Waals surface area contributed by atoms with E-state index in [4.69, 9.17) is 0 Å². The second kappa shape index (κ2) is 7.17. The lowest BCUT2D eigenvalue weighted by atomic mass is 9.81. The largest absolute Gasteiger partial charge is 0.308 e. The van der Waals surface area contributed by atoms with Gasteiger partial charge in [-0.1, -0.05) is 44.2 Å². The molecule has 2 rings (SSSR count). The van der Waals surface area contributed by atoms with Gasteiger partial charge in [-0.15, -0.1) is 0 Å². The maximum Gasteiger partial charge on any atom is 0.0558 e. The third kappa shape index (κ3) is 3.46. The van der Waals surface area contributed by atoms with Gasteiger partial charge < -0.3 is 5.32 Å². The molecule has 1 atom stereocenters. The first kappa shape index (κ1) is 16.9. The fourth-order valence-electron chi connectivity index (χ4n) is 3.40. The maximum atomic E-state index is 3.88. The van der Waals surface area contributed by atoms with Crippen LogP contribution in [0.1, 0.15) is 39.2 Å². The van der Waals surface area contributed by atoms with Crippen LogP contribution in [0.2, 0.25) is 0 Å². The van der Waals surface area contributed by atoms with E-state index in [1.54, 1.807) is 0 Å². The molecule has 1 N–H and O–H groups in total. The Labute approximate surface area is 134 Å². The summed E-state index contributed by atoms with van der Waals surface area (Å²) in [6.45, 7) is 10.4. The van der Waals surface area contributed by atoms with E-state index in [1.807, 2.05) is 11.8 Å². The van der Waals surface area contributed by atoms with Gasteiger partial charge in [0.05, 0.1) is 5.54 Å². The van der Waals surface area contributed by atoms with Gasteiger partial charge in [0, 0.05) is 30.9 Å². The van der Waals surface area contributed by atoms with Crippen molar-refractivity contribution in [3.8, 4) is 0 Å². The van der Waals surface area contributed by atoms with Crippen molar-refractivity contribution in [2.45, 2.75) is 44.7 Å². The molecule has 1 aliphatic rings. The lowest BCUT2D eigenvalue weighted by Crippen LogP contribution is -2.67. The van der Waals surface area contributed by atoms with Crippen molar-refractivity contribution in [2.75, 3.05) is 31.6 Å². The van der Waals surface area contributed by atoms with Crippen molar-refractivity contribution in [1.29, 1.82) is 0 Å². The van der Waals surface area contributed by atoms with E-state index in [0.29, 0.717) is 0 Å². The molecule has 0 bridgehead atoms. The summed E-state index contributed by atoms with van der Waals surface area (Å²) in [6, 6.07) is 11.0. The molecule has 1 saturated heterocycles.